The summed E-state index contributed by atoms with van der Waals surface area (Å²) in [5.74, 6) is 0.703. The number of aryl methyl sites for hydroxylation is 2. The van der Waals surface area contributed by atoms with Gasteiger partial charge in [0.15, 0.2) is 5.82 Å². The summed E-state index contributed by atoms with van der Waals surface area (Å²) >= 11 is 8.27. The van der Waals surface area contributed by atoms with Gasteiger partial charge in [-0.3, -0.25) is 0 Å². The number of aromatic nitrogens is 2. The first-order chi connectivity index (χ1) is 8.00. The van der Waals surface area contributed by atoms with Gasteiger partial charge < -0.3 is 0 Å². The van der Waals surface area contributed by atoms with Crippen molar-refractivity contribution >= 4 is 34.2 Å². The summed E-state index contributed by atoms with van der Waals surface area (Å²) in [4.78, 5) is 8.86. The molecule has 0 bridgehead atoms. The van der Waals surface area contributed by atoms with E-state index < -0.39 is 0 Å². The highest BCUT2D eigenvalue weighted by Crippen LogP contribution is 2.26. The first kappa shape index (κ1) is 12.8. The second-order valence-electron chi connectivity index (χ2n) is 3.98. The second-order valence-corrected chi connectivity index (χ2v) is 5.42. The smallest absolute Gasteiger partial charge is 0.161 e. The van der Waals surface area contributed by atoms with Crippen molar-refractivity contribution < 1.29 is 0 Å². The summed E-state index contributed by atoms with van der Waals surface area (Å²) in [5.41, 5.74) is 4.40. The summed E-state index contributed by atoms with van der Waals surface area (Å²) in [6.07, 6.45) is 0. The standard InChI is InChI=1S/C13H12ClIN2/c1-7-5-4-6-10(8(7)2)13-16-9(3)11(15)12(14)17-13/h4-6H,1-3H3. The van der Waals surface area contributed by atoms with Crippen LogP contribution in [-0.2, 0) is 0 Å². The average Bonchev–Trinajstić information content (AvgIpc) is 2.29. The van der Waals surface area contributed by atoms with E-state index in [1.165, 1.54) is 11.1 Å². The molecule has 2 rings (SSSR count). The van der Waals surface area contributed by atoms with E-state index in [-0.39, 0.29) is 0 Å². The van der Waals surface area contributed by atoms with Crippen LogP contribution in [0.3, 0.4) is 0 Å². The van der Waals surface area contributed by atoms with E-state index in [1.54, 1.807) is 0 Å². The van der Waals surface area contributed by atoms with E-state index in [4.69, 9.17) is 11.6 Å². The van der Waals surface area contributed by atoms with Gasteiger partial charge in [0.05, 0.1) is 9.26 Å². The van der Waals surface area contributed by atoms with Gasteiger partial charge in [0.1, 0.15) is 5.15 Å². The Morgan fingerprint density at radius 3 is 2.47 bits per heavy atom. The highest BCUT2D eigenvalue weighted by Gasteiger charge is 2.11. The van der Waals surface area contributed by atoms with E-state index in [0.717, 1.165) is 14.8 Å². The number of halogens is 2. The van der Waals surface area contributed by atoms with Gasteiger partial charge in [-0.05, 0) is 54.5 Å². The molecule has 0 saturated heterocycles. The monoisotopic (exact) mass is 358 g/mol. The van der Waals surface area contributed by atoms with Crippen LogP contribution in [0.4, 0.5) is 0 Å². The Kier molecular flexibility index (Phi) is 3.68. The van der Waals surface area contributed by atoms with Gasteiger partial charge in [-0.2, -0.15) is 0 Å². The van der Waals surface area contributed by atoms with Crippen molar-refractivity contribution in [2.75, 3.05) is 0 Å². The molecule has 4 heteroatoms. The largest absolute Gasteiger partial charge is 0.232 e. The van der Waals surface area contributed by atoms with Crippen LogP contribution in [0.15, 0.2) is 18.2 Å². The third kappa shape index (κ3) is 2.45. The Morgan fingerprint density at radius 2 is 1.82 bits per heavy atom. The molecule has 17 heavy (non-hydrogen) atoms. The van der Waals surface area contributed by atoms with Gasteiger partial charge in [0, 0.05) is 5.56 Å². The maximum absolute atomic E-state index is 6.10. The number of benzene rings is 1. The molecular formula is C13H12ClIN2. The molecule has 0 aliphatic heterocycles. The Hall–Kier alpha value is -0.680. The third-order valence-electron chi connectivity index (χ3n) is 2.82. The number of hydrogen-bond donors (Lipinski definition) is 0. The molecule has 0 aliphatic rings. The lowest BCUT2D eigenvalue weighted by molar-refractivity contribution is 1.08. The van der Waals surface area contributed by atoms with Gasteiger partial charge in [-0.15, -0.1) is 0 Å². The van der Waals surface area contributed by atoms with Crippen LogP contribution in [0.5, 0.6) is 0 Å². The Balaban J connectivity index is 2.65. The molecule has 0 atom stereocenters. The van der Waals surface area contributed by atoms with Crippen LogP contribution in [0, 0.1) is 24.3 Å². The van der Waals surface area contributed by atoms with Gasteiger partial charge in [0.25, 0.3) is 0 Å². The Morgan fingerprint density at radius 1 is 1.12 bits per heavy atom. The lowest BCUT2D eigenvalue weighted by Gasteiger charge is -2.09. The summed E-state index contributed by atoms with van der Waals surface area (Å²) < 4.78 is 0.915. The molecule has 88 valence electrons. The fraction of sp³-hybridized carbons (Fsp3) is 0.231. The fourth-order valence-corrected chi connectivity index (χ4v) is 2.10. The van der Waals surface area contributed by atoms with Gasteiger partial charge in [-0.25, -0.2) is 9.97 Å². The van der Waals surface area contributed by atoms with E-state index in [2.05, 4.69) is 52.5 Å². The molecular weight excluding hydrogens is 347 g/mol. The van der Waals surface area contributed by atoms with E-state index in [1.807, 2.05) is 19.1 Å². The van der Waals surface area contributed by atoms with Crippen molar-refractivity contribution in [3.05, 3.63) is 43.7 Å². The zero-order chi connectivity index (χ0) is 12.6. The SMILES string of the molecule is Cc1cccc(-c2nc(C)c(I)c(Cl)n2)c1C. The van der Waals surface area contributed by atoms with Gasteiger partial charge in [0.2, 0.25) is 0 Å². The maximum atomic E-state index is 6.10. The molecule has 0 N–H and O–H groups in total. The molecule has 0 radical (unpaired) electrons. The van der Waals surface area contributed by atoms with E-state index in [9.17, 15) is 0 Å². The van der Waals surface area contributed by atoms with Crippen molar-refractivity contribution in [1.29, 1.82) is 0 Å². The van der Waals surface area contributed by atoms with Crippen molar-refractivity contribution in [3.63, 3.8) is 0 Å². The number of nitrogens with zero attached hydrogens (tertiary/aromatic N) is 2. The number of rotatable bonds is 1. The molecule has 0 saturated carbocycles. The zero-order valence-electron chi connectivity index (χ0n) is 9.88. The predicted octanol–water partition coefficient (Wildman–Crippen LogP) is 4.33. The molecule has 2 aromatic rings. The molecule has 0 aliphatic carbocycles. The molecule has 0 spiro atoms. The van der Waals surface area contributed by atoms with Gasteiger partial charge >= 0.3 is 0 Å². The maximum Gasteiger partial charge on any atom is 0.161 e. The second kappa shape index (κ2) is 4.90. The lowest BCUT2D eigenvalue weighted by atomic mass is 10.0. The molecule has 0 fully saturated rings. The fourth-order valence-electron chi connectivity index (χ4n) is 1.64. The minimum atomic E-state index is 0.522. The lowest BCUT2D eigenvalue weighted by Crippen LogP contribution is -1.98. The van der Waals surface area contributed by atoms with Crippen molar-refractivity contribution in [1.82, 2.24) is 9.97 Å². The third-order valence-corrected chi connectivity index (χ3v) is 4.71. The van der Waals surface area contributed by atoms with Crippen LogP contribution >= 0.6 is 34.2 Å². The summed E-state index contributed by atoms with van der Waals surface area (Å²) in [6, 6.07) is 6.13. The highest BCUT2D eigenvalue weighted by atomic mass is 127. The minimum Gasteiger partial charge on any atom is -0.232 e. The van der Waals surface area contributed by atoms with E-state index >= 15 is 0 Å². The molecule has 1 aromatic heterocycles. The van der Waals surface area contributed by atoms with Crippen LogP contribution in [0.25, 0.3) is 11.4 Å². The Labute approximate surface area is 120 Å². The predicted molar refractivity (Wildman–Crippen MR) is 79.4 cm³/mol. The van der Waals surface area contributed by atoms with Crippen LogP contribution in [-0.4, -0.2) is 9.97 Å². The van der Waals surface area contributed by atoms with Crippen LogP contribution in [0.2, 0.25) is 5.15 Å². The quantitative estimate of drug-likeness (QED) is 0.560. The van der Waals surface area contributed by atoms with Crippen LogP contribution in [0.1, 0.15) is 16.8 Å². The topological polar surface area (TPSA) is 25.8 Å². The summed E-state index contributed by atoms with van der Waals surface area (Å²) in [5, 5.41) is 0.522. The Bertz CT molecular complexity index is 559. The molecule has 0 unspecified atom stereocenters. The molecule has 2 nitrogen and oxygen atoms in total. The number of hydrogen-bond acceptors (Lipinski definition) is 2. The van der Waals surface area contributed by atoms with Crippen LogP contribution < -0.4 is 0 Å². The minimum absolute atomic E-state index is 0.522. The van der Waals surface area contributed by atoms with Gasteiger partial charge in [-0.1, -0.05) is 29.8 Å². The molecule has 1 heterocycles. The summed E-state index contributed by atoms with van der Waals surface area (Å²) in [6.45, 7) is 6.11. The molecule has 0 amide bonds. The zero-order valence-corrected chi connectivity index (χ0v) is 12.8. The van der Waals surface area contributed by atoms with Crippen molar-refractivity contribution in [3.8, 4) is 11.4 Å². The first-order valence-corrected chi connectivity index (χ1v) is 6.72. The summed E-state index contributed by atoms with van der Waals surface area (Å²) in [7, 11) is 0. The average molecular weight is 359 g/mol. The van der Waals surface area contributed by atoms with Crippen molar-refractivity contribution in [2.24, 2.45) is 0 Å². The highest BCUT2D eigenvalue weighted by molar-refractivity contribution is 14.1. The van der Waals surface area contributed by atoms with E-state index in [0.29, 0.717) is 11.0 Å². The molecule has 1 aromatic carbocycles. The first-order valence-electron chi connectivity index (χ1n) is 5.27. The normalized spacial score (nSPS) is 10.6. The van der Waals surface area contributed by atoms with Crippen molar-refractivity contribution in [2.45, 2.75) is 20.8 Å².